The fourth-order valence-electron chi connectivity index (χ4n) is 3.62. The van der Waals surface area contributed by atoms with E-state index in [1.165, 1.54) is 24.5 Å². The van der Waals surface area contributed by atoms with E-state index >= 15 is 0 Å². The van der Waals surface area contributed by atoms with Gasteiger partial charge in [0.1, 0.15) is 18.6 Å². The number of aryl methyl sites for hydroxylation is 1. The second kappa shape index (κ2) is 8.54. The number of primary amides is 1. The van der Waals surface area contributed by atoms with Crippen LogP contribution in [-0.2, 0) is 24.4 Å². The summed E-state index contributed by atoms with van der Waals surface area (Å²) in [4.78, 5) is 39.0. The Morgan fingerprint density at radius 1 is 1.20 bits per heavy atom. The average Bonchev–Trinajstić information content (AvgIpc) is 3.19. The summed E-state index contributed by atoms with van der Waals surface area (Å²) in [5, 5.41) is 9.68. The first-order valence-corrected chi connectivity index (χ1v) is 10.9. The number of hydrogen-bond donors (Lipinski definition) is 2. The van der Waals surface area contributed by atoms with Crippen LogP contribution in [0.25, 0.3) is 0 Å². The van der Waals surface area contributed by atoms with Gasteiger partial charge in [0.2, 0.25) is 21.8 Å². The molecule has 0 unspecified atom stereocenters. The van der Waals surface area contributed by atoms with Gasteiger partial charge in [-0.1, -0.05) is 17.7 Å². The van der Waals surface area contributed by atoms with Gasteiger partial charge in [-0.2, -0.15) is 4.31 Å². The van der Waals surface area contributed by atoms with Crippen molar-refractivity contribution in [3.05, 3.63) is 42.2 Å². The quantitative estimate of drug-likeness (QED) is 0.594. The van der Waals surface area contributed by atoms with Crippen molar-refractivity contribution in [1.82, 2.24) is 14.1 Å². The third-order valence-electron chi connectivity index (χ3n) is 5.18. The van der Waals surface area contributed by atoms with Crippen molar-refractivity contribution < 1.29 is 27.9 Å². The van der Waals surface area contributed by atoms with Gasteiger partial charge in [-0.3, -0.25) is 14.4 Å². The smallest absolute Gasteiger partial charge is 0.252 e. The summed E-state index contributed by atoms with van der Waals surface area (Å²) < 4.78 is 27.3. The topological polar surface area (TPSA) is 141 Å². The Balaban J connectivity index is 1.87. The number of sulfonamides is 1. The third-order valence-corrected chi connectivity index (χ3v) is 7.10. The van der Waals surface area contributed by atoms with Gasteiger partial charge in [0.05, 0.1) is 11.5 Å². The molecular formula is C19H24N4O6S. The molecule has 0 spiro atoms. The first kappa shape index (κ1) is 21.9. The van der Waals surface area contributed by atoms with Gasteiger partial charge in [-0.25, -0.2) is 8.42 Å². The van der Waals surface area contributed by atoms with Gasteiger partial charge in [-0.15, -0.1) is 0 Å². The molecule has 2 aliphatic heterocycles. The lowest BCUT2D eigenvalue weighted by Crippen LogP contribution is -2.57. The number of benzene rings is 1. The number of nitrogens with two attached hydrogens (primary N) is 1. The van der Waals surface area contributed by atoms with Gasteiger partial charge in [0.15, 0.2) is 0 Å². The number of amides is 3. The van der Waals surface area contributed by atoms with Crippen LogP contribution in [0.4, 0.5) is 0 Å². The molecular weight excluding hydrogens is 412 g/mol. The number of aliphatic hydroxyl groups is 1. The van der Waals surface area contributed by atoms with Crippen molar-refractivity contribution in [2.24, 2.45) is 5.73 Å². The fourth-order valence-corrected chi connectivity index (χ4v) is 5.27. The van der Waals surface area contributed by atoms with Gasteiger partial charge < -0.3 is 20.6 Å². The summed E-state index contributed by atoms with van der Waals surface area (Å²) in [5.41, 5.74) is 6.02. The van der Waals surface area contributed by atoms with E-state index in [1.807, 2.05) is 6.92 Å². The zero-order valence-corrected chi connectivity index (χ0v) is 17.3. The molecule has 3 N–H and O–H groups in total. The maximum atomic E-state index is 13.2. The van der Waals surface area contributed by atoms with Gasteiger partial charge in [-0.05, 0) is 31.9 Å². The normalized spacial score (nSPS) is 22.5. The van der Waals surface area contributed by atoms with E-state index in [2.05, 4.69) is 0 Å². The second-order valence-electron chi connectivity index (χ2n) is 7.26. The number of hydrogen-bond acceptors (Lipinski definition) is 6. The molecule has 1 saturated heterocycles. The maximum absolute atomic E-state index is 13.2. The highest BCUT2D eigenvalue weighted by atomic mass is 32.2. The maximum Gasteiger partial charge on any atom is 0.252 e. The third kappa shape index (κ3) is 4.09. The number of nitrogens with zero attached hydrogens (tertiary/aromatic N) is 3. The number of aliphatic hydroxyl groups excluding tert-OH is 1. The predicted octanol–water partition coefficient (Wildman–Crippen LogP) is -0.864. The standard InChI is InChI=1S/C19H24N4O6S/c1-13-4-6-14(7-5-13)30(28,29)23-8-2-3-15(23)19(27)22-10-9-21(11-17(20)25)18(26)16(22)12-24/h4-7,9-10,15-16,24H,2-3,8,11-12H2,1H3,(H2,20,25)/t15-,16-/m0/s1. The Bertz CT molecular complexity index is 975. The Hall–Kier alpha value is -2.76. The number of rotatable bonds is 6. The summed E-state index contributed by atoms with van der Waals surface area (Å²) in [6, 6.07) is 4.10. The number of carbonyl (C=O) groups is 3. The van der Waals surface area contributed by atoms with Crippen LogP contribution in [0.3, 0.4) is 0 Å². The molecule has 10 nitrogen and oxygen atoms in total. The van der Waals surface area contributed by atoms with Crippen LogP contribution in [0.2, 0.25) is 0 Å². The first-order valence-electron chi connectivity index (χ1n) is 9.45. The molecule has 1 aromatic carbocycles. The summed E-state index contributed by atoms with van der Waals surface area (Å²) in [7, 11) is -3.91. The molecule has 3 amide bonds. The predicted molar refractivity (Wildman–Crippen MR) is 106 cm³/mol. The van der Waals surface area contributed by atoms with Crippen molar-refractivity contribution in [3.8, 4) is 0 Å². The van der Waals surface area contributed by atoms with Crippen LogP contribution in [0, 0.1) is 6.92 Å². The Morgan fingerprint density at radius 3 is 2.47 bits per heavy atom. The van der Waals surface area contributed by atoms with Gasteiger partial charge in [0, 0.05) is 18.9 Å². The van der Waals surface area contributed by atoms with Crippen LogP contribution >= 0.6 is 0 Å². The van der Waals surface area contributed by atoms with Gasteiger partial charge in [0.25, 0.3) is 5.91 Å². The summed E-state index contributed by atoms with van der Waals surface area (Å²) in [6.45, 7) is 0.956. The van der Waals surface area contributed by atoms with E-state index in [1.54, 1.807) is 12.1 Å². The zero-order chi connectivity index (χ0) is 22.1. The molecule has 0 bridgehead atoms. The zero-order valence-electron chi connectivity index (χ0n) is 16.5. The largest absolute Gasteiger partial charge is 0.394 e. The van der Waals surface area contributed by atoms with Gasteiger partial charge >= 0.3 is 0 Å². The van der Waals surface area contributed by atoms with Crippen molar-refractivity contribution in [3.63, 3.8) is 0 Å². The van der Waals surface area contributed by atoms with Crippen molar-refractivity contribution >= 4 is 27.7 Å². The van der Waals surface area contributed by atoms with Crippen molar-refractivity contribution in [1.29, 1.82) is 0 Å². The molecule has 0 aromatic heterocycles. The van der Waals surface area contributed by atoms with E-state index in [4.69, 9.17) is 5.73 Å². The molecule has 0 radical (unpaired) electrons. The van der Waals surface area contributed by atoms with Crippen LogP contribution in [-0.4, -0.2) is 77.1 Å². The average molecular weight is 436 g/mol. The van der Waals surface area contributed by atoms with E-state index in [0.29, 0.717) is 12.8 Å². The SMILES string of the molecule is Cc1ccc(S(=O)(=O)N2CCC[C@H]2C(=O)N2C=CN(CC(N)=O)C(=O)[C@@H]2CO)cc1. The number of carbonyl (C=O) groups excluding carboxylic acids is 3. The van der Waals surface area contributed by atoms with E-state index in [0.717, 1.165) is 19.7 Å². The van der Waals surface area contributed by atoms with E-state index in [-0.39, 0.29) is 18.0 Å². The lowest BCUT2D eigenvalue weighted by molar-refractivity contribution is -0.147. The minimum absolute atomic E-state index is 0.0874. The van der Waals surface area contributed by atoms with Crippen LogP contribution in [0.5, 0.6) is 0 Å². The van der Waals surface area contributed by atoms with Crippen LogP contribution in [0.15, 0.2) is 41.6 Å². The van der Waals surface area contributed by atoms with E-state index < -0.39 is 46.4 Å². The van der Waals surface area contributed by atoms with Crippen molar-refractivity contribution in [2.45, 2.75) is 36.7 Å². The summed E-state index contributed by atoms with van der Waals surface area (Å²) >= 11 is 0. The molecule has 2 aliphatic rings. The molecule has 162 valence electrons. The van der Waals surface area contributed by atoms with Crippen molar-refractivity contribution in [2.75, 3.05) is 19.7 Å². The summed E-state index contributed by atoms with van der Waals surface area (Å²) in [5.74, 6) is -2.01. The first-order chi connectivity index (χ1) is 14.2. The molecule has 3 rings (SSSR count). The molecule has 1 fully saturated rings. The molecule has 0 aliphatic carbocycles. The highest BCUT2D eigenvalue weighted by Gasteiger charge is 2.44. The molecule has 1 aromatic rings. The molecule has 2 heterocycles. The molecule has 11 heteroatoms. The summed E-state index contributed by atoms with van der Waals surface area (Å²) in [6.07, 6.45) is 3.28. The van der Waals surface area contributed by atoms with Crippen LogP contribution < -0.4 is 5.73 Å². The van der Waals surface area contributed by atoms with Crippen LogP contribution in [0.1, 0.15) is 18.4 Å². The Kier molecular flexibility index (Phi) is 6.25. The second-order valence-corrected chi connectivity index (χ2v) is 9.15. The molecule has 2 atom stereocenters. The minimum Gasteiger partial charge on any atom is -0.394 e. The highest BCUT2D eigenvalue weighted by molar-refractivity contribution is 7.89. The lowest BCUT2D eigenvalue weighted by atomic mass is 10.1. The fraction of sp³-hybridized carbons (Fsp3) is 0.421. The molecule has 0 saturated carbocycles. The Morgan fingerprint density at radius 2 is 1.87 bits per heavy atom. The lowest BCUT2D eigenvalue weighted by Gasteiger charge is -2.36. The Labute approximate surface area is 174 Å². The molecule has 30 heavy (non-hydrogen) atoms. The monoisotopic (exact) mass is 436 g/mol. The van der Waals surface area contributed by atoms with E-state index in [9.17, 15) is 27.9 Å². The minimum atomic E-state index is -3.91. The highest BCUT2D eigenvalue weighted by Crippen LogP contribution is 2.29.